The molecule has 1 saturated heterocycles. The van der Waals surface area contributed by atoms with Crippen molar-refractivity contribution in [3.63, 3.8) is 0 Å². The van der Waals surface area contributed by atoms with Crippen molar-refractivity contribution in [2.24, 2.45) is 0 Å². The highest BCUT2D eigenvalue weighted by Crippen LogP contribution is 2.35. The van der Waals surface area contributed by atoms with Crippen LogP contribution in [0.3, 0.4) is 0 Å². The van der Waals surface area contributed by atoms with E-state index in [9.17, 15) is 9.59 Å². The van der Waals surface area contributed by atoms with Gasteiger partial charge in [-0.1, -0.05) is 0 Å². The van der Waals surface area contributed by atoms with Crippen molar-refractivity contribution in [2.75, 3.05) is 34.4 Å². The molecule has 1 fully saturated rings. The zero-order valence-electron chi connectivity index (χ0n) is 14.9. The number of carbonyl (C=O) groups is 2. The Morgan fingerprint density at radius 1 is 1.35 bits per heavy atom. The number of halogens is 1. The summed E-state index contributed by atoms with van der Waals surface area (Å²) >= 11 is 7.41. The number of thiocarbonyl (C=S) groups is 1. The van der Waals surface area contributed by atoms with E-state index in [-0.39, 0.29) is 17.6 Å². The Labute approximate surface area is 171 Å². The van der Waals surface area contributed by atoms with Gasteiger partial charge in [-0.15, -0.1) is 0 Å². The van der Waals surface area contributed by atoms with Crippen molar-refractivity contribution in [3.8, 4) is 11.5 Å². The van der Waals surface area contributed by atoms with Crippen LogP contribution in [0.15, 0.2) is 17.8 Å². The molecule has 1 aromatic rings. The van der Waals surface area contributed by atoms with Gasteiger partial charge in [-0.2, -0.15) is 0 Å². The standard InChI is InChI=1S/C17H19IN2O5S/c1-5-25-13-8-10(6-11(18)15(13)24-4)7-12-16(22)19(2)17(26)20(12)9-14(21)23-3/h6-8H,5,9H2,1-4H3. The van der Waals surface area contributed by atoms with E-state index in [2.05, 4.69) is 22.6 Å². The lowest BCUT2D eigenvalue weighted by atomic mass is 10.1. The Morgan fingerprint density at radius 2 is 2.04 bits per heavy atom. The van der Waals surface area contributed by atoms with Crippen LogP contribution in [0.2, 0.25) is 0 Å². The molecule has 1 aliphatic rings. The van der Waals surface area contributed by atoms with Crippen LogP contribution in [0.25, 0.3) is 6.08 Å². The average molecular weight is 490 g/mol. The summed E-state index contributed by atoms with van der Waals surface area (Å²) in [6.45, 7) is 2.22. The molecule has 26 heavy (non-hydrogen) atoms. The molecule has 140 valence electrons. The minimum absolute atomic E-state index is 0.136. The van der Waals surface area contributed by atoms with Crippen molar-refractivity contribution in [1.29, 1.82) is 0 Å². The van der Waals surface area contributed by atoms with E-state index in [1.54, 1.807) is 26.3 Å². The molecule has 0 unspecified atom stereocenters. The number of nitrogens with zero attached hydrogens (tertiary/aromatic N) is 2. The topological polar surface area (TPSA) is 68.3 Å². The van der Waals surface area contributed by atoms with Crippen LogP contribution in [-0.2, 0) is 14.3 Å². The third-order valence-corrected chi connectivity index (χ3v) is 4.98. The summed E-state index contributed by atoms with van der Waals surface area (Å²) < 4.78 is 16.5. The minimum Gasteiger partial charge on any atom is -0.492 e. The van der Waals surface area contributed by atoms with E-state index in [4.69, 9.17) is 26.4 Å². The lowest BCUT2D eigenvalue weighted by molar-refractivity contribution is -0.140. The first-order valence-electron chi connectivity index (χ1n) is 7.72. The van der Waals surface area contributed by atoms with Crippen LogP contribution >= 0.6 is 34.8 Å². The first-order valence-corrected chi connectivity index (χ1v) is 9.21. The van der Waals surface area contributed by atoms with Gasteiger partial charge in [0.15, 0.2) is 16.6 Å². The predicted molar refractivity (Wildman–Crippen MR) is 109 cm³/mol. The summed E-state index contributed by atoms with van der Waals surface area (Å²) in [5, 5.41) is 0.250. The highest BCUT2D eigenvalue weighted by atomic mass is 127. The number of methoxy groups -OCH3 is 2. The van der Waals surface area contributed by atoms with Gasteiger partial charge in [-0.05, 0) is 65.5 Å². The monoisotopic (exact) mass is 490 g/mol. The number of rotatable bonds is 6. The van der Waals surface area contributed by atoms with Crippen molar-refractivity contribution in [1.82, 2.24) is 9.80 Å². The molecule has 1 aliphatic heterocycles. The summed E-state index contributed by atoms with van der Waals surface area (Å²) in [7, 11) is 4.43. The molecule has 0 spiro atoms. The Kier molecular flexibility index (Phi) is 6.81. The minimum atomic E-state index is -0.485. The second-order valence-corrected chi connectivity index (χ2v) is 6.83. The number of likely N-dealkylation sites (N-methyl/N-ethyl adjacent to an activating group) is 1. The lowest BCUT2D eigenvalue weighted by Crippen LogP contribution is -2.33. The van der Waals surface area contributed by atoms with Gasteiger partial charge in [0, 0.05) is 7.05 Å². The summed E-state index contributed by atoms with van der Waals surface area (Å²) in [6, 6.07) is 3.64. The maximum absolute atomic E-state index is 12.5. The molecule has 0 aromatic heterocycles. The summed E-state index contributed by atoms with van der Waals surface area (Å²) in [5.41, 5.74) is 1.03. The van der Waals surface area contributed by atoms with Crippen molar-refractivity contribution in [2.45, 2.75) is 6.92 Å². The fourth-order valence-corrected chi connectivity index (χ4v) is 3.53. The van der Waals surface area contributed by atoms with Crippen LogP contribution in [0.1, 0.15) is 12.5 Å². The SMILES string of the molecule is CCOc1cc(C=C2C(=O)N(C)C(=S)N2CC(=O)OC)cc(I)c1OC. The van der Waals surface area contributed by atoms with Crippen LogP contribution in [0, 0.1) is 3.57 Å². The van der Waals surface area contributed by atoms with Crippen LogP contribution in [0.5, 0.6) is 11.5 Å². The van der Waals surface area contributed by atoms with Crippen molar-refractivity contribution in [3.05, 3.63) is 27.0 Å². The highest BCUT2D eigenvalue weighted by molar-refractivity contribution is 14.1. The van der Waals surface area contributed by atoms with E-state index in [1.807, 2.05) is 13.0 Å². The Hall–Kier alpha value is -1.88. The van der Waals surface area contributed by atoms with Crippen LogP contribution in [-0.4, -0.2) is 61.2 Å². The second-order valence-electron chi connectivity index (χ2n) is 5.31. The molecule has 1 amide bonds. The normalized spacial score (nSPS) is 15.7. The zero-order valence-corrected chi connectivity index (χ0v) is 17.8. The maximum Gasteiger partial charge on any atom is 0.325 e. The van der Waals surface area contributed by atoms with Gasteiger partial charge in [-0.25, -0.2) is 0 Å². The zero-order chi connectivity index (χ0) is 19.4. The molecule has 1 heterocycles. The van der Waals surface area contributed by atoms with E-state index in [1.165, 1.54) is 16.9 Å². The van der Waals surface area contributed by atoms with Crippen molar-refractivity contribution < 1.29 is 23.8 Å². The average Bonchev–Trinajstić information content (AvgIpc) is 2.80. The van der Waals surface area contributed by atoms with Gasteiger partial charge < -0.3 is 19.1 Å². The van der Waals surface area contributed by atoms with E-state index >= 15 is 0 Å². The van der Waals surface area contributed by atoms with Gasteiger partial charge in [0.25, 0.3) is 5.91 Å². The van der Waals surface area contributed by atoms with Gasteiger partial charge in [0.1, 0.15) is 12.2 Å². The van der Waals surface area contributed by atoms with E-state index in [0.29, 0.717) is 23.8 Å². The van der Waals surface area contributed by atoms with Gasteiger partial charge in [-0.3, -0.25) is 14.5 Å². The van der Waals surface area contributed by atoms with Gasteiger partial charge in [0.05, 0.1) is 24.4 Å². The molecule has 0 radical (unpaired) electrons. The molecular weight excluding hydrogens is 471 g/mol. The molecule has 9 heteroatoms. The van der Waals surface area contributed by atoms with Crippen LogP contribution < -0.4 is 9.47 Å². The molecule has 0 saturated carbocycles. The largest absolute Gasteiger partial charge is 0.492 e. The number of amides is 1. The van der Waals surface area contributed by atoms with E-state index < -0.39 is 5.97 Å². The number of carbonyl (C=O) groups excluding carboxylic acids is 2. The molecular formula is C17H19IN2O5S. The molecule has 2 rings (SSSR count). The van der Waals surface area contributed by atoms with Crippen molar-refractivity contribution >= 4 is 57.9 Å². The maximum atomic E-state index is 12.5. The molecule has 0 N–H and O–H groups in total. The highest BCUT2D eigenvalue weighted by Gasteiger charge is 2.36. The number of hydrogen-bond donors (Lipinski definition) is 0. The third kappa shape index (κ3) is 4.09. The molecule has 0 atom stereocenters. The molecule has 0 bridgehead atoms. The summed E-state index contributed by atoms with van der Waals surface area (Å²) in [5.74, 6) is 0.435. The molecule has 7 nitrogen and oxygen atoms in total. The smallest absolute Gasteiger partial charge is 0.325 e. The summed E-state index contributed by atoms with van der Waals surface area (Å²) in [6.07, 6.45) is 1.67. The Balaban J connectivity index is 2.49. The Morgan fingerprint density at radius 3 is 2.62 bits per heavy atom. The number of hydrogen-bond acceptors (Lipinski definition) is 6. The number of ether oxygens (including phenoxy) is 3. The number of esters is 1. The fourth-order valence-electron chi connectivity index (χ4n) is 2.43. The van der Waals surface area contributed by atoms with Gasteiger partial charge >= 0.3 is 5.97 Å². The molecule has 1 aromatic carbocycles. The second kappa shape index (κ2) is 8.67. The lowest BCUT2D eigenvalue weighted by Gasteiger charge is -2.17. The summed E-state index contributed by atoms with van der Waals surface area (Å²) in [4.78, 5) is 27.0. The van der Waals surface area contributed by atoms with E-state index in [0.717, 1.165) is 9.13 Å². The fraction of sp³-hybridized carbons (Fsp3) is 0.353. The molecule has 0 aliphatic carbocycles. The number of benzene rings is 1. The Bertz CT molecular complexity index is 781. The quantitative estimate of drug-likeness (QED) is 0.262. The first-order chi connectivity index (χ1) is 12.3. The first kappa shape index (κ1) is 20.4. The van der Waals surface area contributed by atoms with Crippen LogP contribution in [0.4, 0.5) is 0 Å². The third-order valence-electron chi connectivity index (χ3n) is 3.69. The van der Waals surface area contributed by atoms with Gasteiger partial charge in [0.2, 0.25) is 0 Å². The predicted octanol–water partition coefficient (Wildman–Crippen LogP) is 2.27.